The zero-order valence-corrected chi connectivity index (χ0v) is 12.0. The van der Waals surface area contributed by atoms with Crippen LogP contribution in [0.5, 0.6) is 0 Å². The first-order chi connectivity index (χ1) is 9.15. The number of amides is 1. The zero-order chi connectivity index (χ0) is 13.7. The zero-order valence-electron chi connectivity index (χ0n) is 12.0. The van der Waals surface area contributed by atoms with E-state index in [1.807, 2.05) is 4.90 Å². The molecule has 0 saturated carbocycles. The molecule has 0 spiro atoms. The van der Waals surface area contributed by atoms with Crippen molar-refractivity contribution in [2.24, 2.45) is 0 Å². The second kappa shape index (κ2) is 6.71. The van der Waals surface area contributed by atoms with Crippen LogP contribution in [0.25, 0.3) is 0 Å². The number of aryl methyl sites for hydroxylation is 2. The van der Waals surface area contributed by atoms with Crippen LogP contribution >= 0.6 is 0 Å². The van der Waals surface area contributed by atoms with E-state index in [2.05, 4.69) is 37.4 Å². The van der Waals surface area contributed by atoms with Crippen LogP contribution in [0.4, 0.5) is 0 Å². The van der Waals surface area contributed by atoms with E-state index in [0.29, 0.717) is 12.3 Å². The van der Waals surface area contributed by atoms with Crippen molar-refractivity contribution in [3.8, 4) is 0 Å². The molecule has 3 heteroatoms. The smallest absolute Gasteiger partial charge is 0.223 e. The highest BCUT2D eigenvalue weighted by atomic mass is 16.2. The maximum atomic E-state index is 11.9. The fraction of sp³-hybridized carbons (Fsp3) is 0.562. The average Bonchev–Trinajstić information content (AvgIpc) is 2.87. The van der Waals surface area contributed by atoms with Crippen LogP contribution < -0.4 is 5.32 Å². The Hall–Kier alpha value is -1.35. The molecule has 0 unspecified atom stereocenters. The molecule has 3 nitrogen and oxygen atoms in total. The van der Waals surface area contributed by atoms with Gasteiger partial charge in [0, 0.05) is 32.6 Å². The second-order valence-electron chi connectivity index (χ2n) is 5.51. The fourth-order valence-corrected chi connectivity index (χ4v) is 2.72. The molecular formula is C16H24N2O. The molecular weight excluding hydrogens is 236 g/mol. The average molecular weight is 260 g/mol. The minimum atomic E-state index is 0.297. The summed E-state index contributed by atoms with van der Waals surface area (Å²) in [6, 6.07) is 6.57. The van der Waals surface area contributed by atoms with Crippen LogP contribution in [0.3, 0.4) is 0 Å². The predicted molar refractivity (Wildman–Crippen MR) is 78.1 cm³/mol. The summed E-state index contributed by atoms with van der Waals surface area (Å²) in [5.74, 6) is 0.297. The van der Waals surface area contributed by atoms with Crippen LogP contribution in [-0.4, -0.2) is 30.4 Å². The van der Waals surface area contributed by atoms with Crippen LogP contribution in [0.1, 0.15) is 36.0 Å². The summed E-state index contributed by atoms with van der Waals surface area (Å²) in [6.07, 6.45) is 2.95. The minimum absolute atomic E-state index is 0.297. The Balaban J connectivity index is 1.70. The molecule has 1 N–H and O–H groups in total. The summed E-state index contributed by atoms with van der Waals surface area (Å²) in [7, 11) is 0. The maximum absolute atomic E-state index is 11.9. The van der Waals surface area contributed by atoms with Crippen LogP contribution in [0.2, 0.25) is 0 Å². The van der Waals surface area contributed by atoms with Gasteiger partial charge >= 0.3 is 0 Å². The molecule has 1 saturated heterocycles. The summed E-state index contributed by atoms with van der Waals surface area (Å²) >= 11 is 0. The Kier molecular flexibility index (Phi) is 4.97. The van der Waals surface area contributed by atoms with Gasteiger partial charge in [-0.2, -0.15) is 0 Å². The molecule has 0 bridgehead atoms. The van der Waals surface area contributed by atoms with Crippen LogP contribution in [0, 0.1) is 13.8 Å². The number of nitrogens with one attached hydrogen (secondary N) is 1. The van der Waals surface area contributed by atoms with Crippen molar-refractivity contribution in [2.45, 2.75) is 39.7 Å². The van der Waals surface area contributed by atoms with Crippen LogP contribution in [0.15, 0.2) is 18.2 Å². The van der Waals surface area contributed by atoms with Gasteiger partial charge in [-0.15, -0.1) is 0 Å². The molecule has 1 aromatic carbocycles. The third kappa shape index (κ3) is 4.35. The van der Waals surface area contributed by atoms with Gasteiger partial charge in [-0.25, -0.2) is 0 Å². The molecule has 1 aliphatic heterocycles. The number of likely N-dealkylation sites (tertiary alicyclic amines) is 1. The normalized spacial score (nSPS) is 14.9. The lowest BCUT2D eigenvalue weighted by Crippen LogP contribution is -2.30. The highest BCUT2D eigenvalue weighted by Crippen LogP contribution is 2.10. The Labute approximate surface area is 116 Å². The van der Waals surface area contributed by atoms with Crippen LogP contribution in [-0.2, 0) is 11.3 Å². The van der Waals surface area contributed by atoms with Crippen molar-refractivity contribution >= 4 is 5.91 Å². The lowest BCUT2D eigenvalue weighted by Gasteiger charge is -2.15. The summed E-state index contributed by atoms with van der Waals surface area (Å²) < 4.78 is 0. The van der Waals surface area contributed by atoms with E-state index in [9.17, 15) is 4.79 Å². The molecule has 1 aliphatic rings. The Morgan fingerprint density at radius 1 is 1.16 bits per heavy atom. The molecule has 19 heavy (non-hydrogen) atoms. The number of carbonyl (C=O) groups is 1. The second-order valence-corrected chi connectivity index (χ2v) is 5.51. The standard InChI is InChI=1S/C16H24N2O/c1-13-9-14(2)11-15(10-13)12-17-6-5-16(19)18-7-3-4-8-18/h9-11,17H,3-8,12H2,1-2H3. The quantitative estimate of drug-likeness (QED) is 0.825. The molecule has 1 fully saturated rings. The predicted octanol–water partition coefficient (Wildman–Crippen LogP) is 2.41. The first-order valence-corrected chi connectivity index (χ1v) is 7.21. The van der Waals surface area contributed by atoms with Crippen molar-refractivity contribution in [1.29, 1.82) is 0 Å². The van der Waals surface area contributed by atoms with Crippen molar-refractivity contribution < 1.29 is 4.79 Å². The fourth-order valence-electron chi connectivity index (χ4n) is 2.72. The van der Waals surface area contributed by atoms with Gasteiger partial charge in [-0.1, -0.05) is 29.3 Å². The lowest BCUT2D eigenvalue weighted by atomic mass is 10.1. The molecule has 2 rings (SSSR count). The molecule has 0 aliphatic carbocycles. The highest BCUT2D eigenvalue weighted by Gasteiger charge is 2.16. The Bertz CT molecular complexity index is 416. The van der Waals surface area contributed by atoms with E-state index < -0.39 is 0 Å². The molecule has 1 aromatic rings. The van der Waals surface area contributed by atoms with Crippen molar-refractivity contribution in [3.63, 3.8) is 0 Å². The van der Waals surface area contributed by atoms with Crippen molar-refractivity contribution in [3.05, 3.63) is 34.9 Å². The first kappa shape index (κ1) is 14.1. The van der Waals surface area contributed by atoms with E-state index in [1.54, 1.807) is 0 Å². The Morgan fingerprint density at radius 2 is 1.79 bits per heavy atom. The summed E-state index contributed by atoms with van der Waals surface area (Å²) in [5.41, 5.74) is 3.89. The summed E-state index contributed by atoms with van der Waals surface area (Å²) in [5, 5.41) is 3.36. The monoisotopic (exact) mass is 260 g/mol. The topological polar surface area (TPSA) is 32.3 Å². The van der Waals surface area contributed by atoms with Gasteiger partial charge in [0.25, 0.3) is 0 Å². The van der Waals surface area contributed by atoms with Gasteiger partial charge in [0.1, 0.15) is 0 Å². The van der Waals surface area contributed by atoms with Crippen molar-refractivity contribution in [1.82, 2.24) is 10.2 Å². The van der Waals surface area contributed by atoms with Gasteiger partial charge in [-0.3, -0.25) is 4.79 Å². The van der Waals surface area contributed by atoms with Crippen molar-refractivity contribution in [2.75, 3.05) is 19.6 Å². The van der Waals surface area contributed by atoms with E-state index >= 15 is 0 Å². The van der Waals surface area contributed by atoms with Gasteiger partial charge in [-0.05, 0) is 32.3 Å². The number of carbonyl (C=O) groups excluding carboxylic acids is 1. The summed E-state index contributed by atoms with van der Waals surface area (Å²) in [4.78, 5) is 13.8. The minimum Gasteiger partial charge on any atom is -0.343 e. The molecule has 104 valence electrons. The van der Waals surface area contributed by atoms with Gasteiger partial charge in [0.15, 0.2) is 0 Å². The third-order valence-corrected chi connectivity index (χ3v) is 3.59. The molecule has 0 aromatic heterocycles. The number of benzene rings is 1. The first-order valence-electron chi connectivity index (χ1n) is 7.21. The van der Waals surface area contributed by atoms with E-state index in [4.69, 9.17) is 0 Å². The molecule has 0 atom stereocenters. The molecule has 1 amide bonds. The SMILES string of the molecule is Cc1cc(C)cc(CNCCC(=O)N2CCCC2)c1. The van der Waals surface area contributed by atoms with Gasteiger partial charge in [0.05, 0.1) is 0 Å². The largest absolute Gasteiger partial charge is 0.343 e. The number of hydrogen-bond donors (Lipinski definition) is 1. The van der Waals surface area contributed by atoms with Gasteiger partial charge in [0.2, 0.25) is 5.91 Å². The maximum Gasteiger partial charge on any atom is 0.223 e. The summed E-state index contributed by atoms with van der Waals surface area (Å²) in [6.45, 7) is 7.75. The lowest BCUT2D eigenvalue weighted by molar-refractivity contribution is -0.130. The van der Waals surface area contributed by atoms with E-state index in [1.165, 1.54) is 29.5 Å². The van der Waals surface area contributed by atoms with E-state index in [-0.39, 0.29) is 0 Å². The number of hydrogen-bond acceptors (Lipinski definition) is 2. The highest BCUT2D eigenvalue weighted by molar-refractivity contribution is 5.76. The number of rotatable bonds is 5. The van der Waals surface area contributed by atoms with E-state index in [0.717, 1.165) is 26.2 Å². The third-order valence-electron chi connectivity index (χ3n) is 3.59. The molecule has 0 radical (unpaired) electrons. The number of nitrogens with zero attached hydrogens (tertiary/aromatic N) is 1. The van der Waals surface area contributed by atoms with Gasteiger partial charge < -0.3 is 10.2 Å². The molecule has 1 heterocycles. The Morgan fingerprint density at radius 3 is 2.42 bits per heavy atom.